The summed E-state index contributed by atoms with van der Waals surface area (Å²) in [6.07, 6.45) is 2.40. The van der Waals surface area contributed by atoms with Crippen molar-refractivity contribution in [2.24, 2.45) is 0 Å². The second kappa shape index (κ2) is 6.71. The molecule has 1 atom stereocenters. The van der Waals surface area contributed by atoms with E-state index in [4.69, 9.17) is 4.52 Å². The maximum absolute atomic E-state index is 5.55. The zero-order chi connectivity index (χ0) is 13.9. The monoisotopic (exact) mass is 313 g/mol. The molecule has 4 nitrogen and oxygen atoms in total. The van der Waals surface area contributed by atoms with Crippen LogP contribution in [0.15, 0.2) is 4.52 Å². The van der Waals surface area contributed by atoms with Crippen LogP contribution in [0.3, 0.4) is 0 Å². The summed E-state index contributed by atoms with van der Waals surface area (Å²) in [5.41, 5.74) is 0. The average molecular weight is 313 g/mol. The third-order valence-electron chi connectivity index (χ3n) is 4.01. The quantitative estimate of drug-likeness (QED) is 0.854. The highest BCUT2D eigenvalue weighted by molar-refractivity contribution is 8.03. The number of hydrogen-bond acceptors (Lipinski definition) is 6. The number of thioether (sulfide) groups is 2. The van der Waals surface area contributed by atoms with Gasteiger partial charge in [-0.15, -0.1) is 0 Å². The van der Waals surface area contributed by atoms with E-state index in [1.165, 1.54) is 36.0 Å². The Bertz CT molecular complexity index is 430. The normalized spacial score (nSPS) is 26.2. The van der Waals surface area contributed by atoms with Crippen LogP contribution < -0.4 is 0 Å². The van der Waals surface area contributed by atoms with Gasteiger partial charge in [0.05, 0.1) is 6.04 Å². The molecule has 0 amide bonds. The molecule has 0 radical (unpaired) electrons. The van der Waals surface area contributed by atoms with E-state index >= 15 is 0 Å². The van der Waals surface area contributed by atoms with Crippen molar-refractivity contribution in [2.75, 3.05) is 29.6 Å². The number of hydrogen-bond donors (Lipinski definition) is 0. The first-order chi connectivity index (χ1) is 9.75. The molecule has 2 fully saturated rings. The highest BCUT2D eigenvalue weighted by Gasteiger charge is 2.35. The van der Waals surface area contributed by atoms with E-state index in [9.17, 15) is 0 Å². The molecule has 3 rings (SSSR count). The summed E-state index contributed by atoms with van der Waals surface area (Å²) >= 11 is 4.18. The molecule has 0 spiro atoms. The number of likely N-dealkylation sites (tertiary alicyclic amines) is 1. The van der Waals surface area contributed by atoms with Gasteiger partial charge in [0.15, 0.2) is 5.82 Å². The summed E-state index contributed by atoms with van der Waals surface area (Å²) in [5.74, 6) is 7.09. The van der Waals surface area contributed by atoms with Crippen LogP contribution in [0.4, 0.5) is 0 Å². The van der Waals surface area contributed by atoms with Gasteiger partial charge in [0, 0.05) is 35.0 Å². The molecule has 0 aromatic carbocycles. The van der Waals surface area contributed by atoms with Gasteiger partial charge in [0.1, 0.15) is 0 Å². The molecule has 0 unspecified atom stereocenters. The van der Waals surface area contributed by atoms with Gasteiger partial charge in [-0.1, -0.05) is 19.0 Å². The van der Waals surface area contributed by atoms with Gasteiger partial charge in [-0.05, 0) is 19.4 Å². The second-order valence-corrected chi connectivity index (χ2v) is 8.14. The Kier molecular flexibility index (Phi) is 4.94. The Morgan fingerprint density at radius 2 is 2.00 bits per heavy atom. The van der Waals surface area contributed by atoms with Crippen molar-refractivity contribution in [1.29, 1.82) is 0 Å². The lowest BCUT2D eigenvalue weighted by atomic mass is 10.2. The fourth-order valence-electron chi connectivity index (χ4n) is 2.90. The van der Waals surface area contributed by atoms with Crippen molar-refractivity contribution < 1.29 is 4.52 Å². The maximum atomic E-state index is 5.55. The average Bonchev–Trinajstić information content (AvgIpc) is 3.02. The number of nitrogens with zero attached hydrogens (tertiary/aromatic N) is 3. The highest BCUT2D eigenvalue weighted by atomic mass is 32.2. The van der Waals surface area contributed by atoms with Crippen LogP contribution in [0.1, 0.15) is 50.4 Å². The fourth-order valence-corrected chi connectivity index (χ4v) is 5.49. The Morgan fingerprint density at radius 3 is 2.65 bits per heavy atom. The minimum absolute atomic E-state index is 0.339. The van der Waals surface area contributed by atoms with Crippen LogP contribution in [-0.4, -0.2) is 50.6 Å². The smallest absolute Gasteiger partial charge is 0.244 e. The third kappa shape index (κ3) is 3.17. The standard InChI is InChI=1S/C14H23N3OS2/c1-10(2)13-15-14(18-16-13)12-4-3-5-17(12)11-8-19-6-7-20-9-11/h10-12H,3-9H2,1-2H3/t12-/m1/s1. The number of aromatic nitrogens is 2. The molecule has 1 aromatic rings. The molecular formula is C14H23N3OS2. The molecule has 2 aliphatic rings. The van der Waals surface area contributed by atoms with Crippen molar-refractivity contribution in [3.05, 3.63) is 11.7 Å². The van der Waals surface area contributed by atoms with E-state index in [0.29, 0.717) is 18.0 Å². The zero-order valence-electron chi connectivity index (χ0n) is 12.2. The zero-order valence-corrected chi connectivity index (χ0v) is 13.9. The molecule has 2 aliphatic heterocycles. The molecule has 0 N–H and O–H groups in total. The molecule has 1 aromatic heterocycles. The molecule has 0 bridgehead atoms. The van der Waals surface area contributed by atoms with Crippen molar-refractivity contribution in [1.82, 2.24) is 15.0 Å². The van der Waals surface area contributed by atoms with Crippen molar-refractivity contribution in [3.8, 4) is 0 Å². The molecule has 0 saturated carbocycles. The van der Waals surface area contributed by atoms with E-state index in [-0.39, 0.29) is 0 Å². The van der Waals surface area contributed by atoms with Crippen LogP contribution in [0.25, 0.3) is 0 Å². The SMILES string of the molecule is CC(C)c1noc([C@H]2CCCN2C2CSCCSC2)n1. The van der Waals surface area contributed by atoms with Crippen molar-refractivity contribution in [3.63, 3.8) is 0 Å². The van der Waals surface area contributed by atoms with Crippen LogP contribution in [0.2, 0.25) is 0 Å². The molecule has 3 heterocycles. The first-order valence-electron chi connectivity index (χ1n) is 7.50. The first-order valence-corrected chi connectivity index (χ1v) is 9.81. The van der Waals surface area contributed by atoms with Crippen LogP contribution in [-0.2, 0) is 0 Å². The van der Waals surface area contributed by atoms with Crippen molar-refractivity contribution >= 4 is 23.5 Å². The van der Waals surface area contributed by atoms with Gasteiger partial charge in [0.25, 0.3) is 0 Å². The maximum Gasteiger partial charge on any atom is 0.244 e. The Morgan fingerprint density at radius 1 is 1.25 bits per heavy atom. The van der Waals surface area contributed by atoms with E-state index in [1.54, 1.807) is 0 Å². The van der Waals surface area contributed by atoms with Gasteiger partial charge in [0.2, 0.25) is 5.89 Å². The molecule has 0 aliphatic carbocycles. The lowest BCUT2D eigenvalue weighted by molar-refractivity contribution is 0.175. The van der Waals surface area contributed by atoms with E-state index in [0.717, 1.165) is 18.1 Å². The van der Waals surface area contributed by atoms with Gasteiger partial charge in [-0.25, -0.2) is 0 Å². The van der Waals surface area contributed by atoms with Crippen LogP contribution in [0, 0.1) is 0 Å². The first kappa shape index (κ1) is 14.7. The van der Waals surface area contributed by atoms with Crippen LogP contribution >= 0.6 is 23.5 Å². The number of rotatable bonds is 3. The van der Waals surface area contributed by atoms with E-state index in [1.807, 2.05) is 0 Å². The van der Waals surface area contributed by atoms with Crippen LogP contribution in [0.5, 0.6) is 0 Å². The van der Waals surface area contributed by atoms with Gasteiger partial charge in [-0.3, -0.25) is 4.90 Å². The largest absolute Gasteiger partial charge is 0.338 e. The Balaban J connectivity index is 1.73. The Labute approximate surface area is 129 Å². The minimum atomic E-state index is 0.339. The minimum Gasteiger partial charge on any atom is -0.338 e. The van der Waals surface area contributed by atoms with Gasteiger partial charge in [-0.2, -0.15) is 28.5 Å². The summed E-state index contributed by atoms with van der Waals surface area (Å²) in [5, 5.41) is 4.14. The molecule has 2 saturated heterocycles. The fraction of sp³-hybridized carbons (Fsp3) is 0.857. The van der Waals surface area contributed by atoms with Gasteiger partial charge < -0.3 is 4.52 Å². The third-order valence-corrected chi connectivity index (χ3v) is 6.50. The Hall–Kier alpha value is -0.200. The summed E-state index contributed by atoms with van der Waals surface area (Å²) < 4.78 is 5.55. The molecule has 20 heavy (non-hydrogen) atoms. The summed E-state index contributed by atoms with van der Waals surface area (Å²) in [6.45, 7) is 5.40. The summed E-state index contributed by atoms with van der Waals surface area (Å²) in [4.78, 5) is 7.24. The molecule has 6 heteroatoms. The topological polar surface area (TPSA) is 42.2 Å². The summed E-state index contributed by atoms with van der Waals surface area (Å²) in [6, 6.07) is 1.01. The highest BCUT2D eigenvalue weighted by Crippen LogP contribution is 2.35. The predicted molar refractivity (Wildman–Crippen MR) is 85.5 cm³/mol. The predicted octanol–water partition coefficient (Wildman–Crippen LogP) is 3.18. The molecular weight excluding hydrogens is 290 g/mol. The van der Waals surface area contributed by atoms with Crippen molar-refractivity contribution in [2.45, 2.75) is 44.7 Å². The van der Waals surface area contributed by atoms with E-state index in [2.05, 4.69) is 52.4 Å². The van der Waals surface area contributed by atoms with E-state index < -0.39 is 0 Å². The van der Waals surface area contributed by atoms with Gasteiger partial charge >= 0.3 is 0 Å². The lowest BCUT2D eigenvalue weighted by Gasteiger charge is -2.29. The summed E-state index contributed by atoms with van der Waals surface area (Å²) in [7, 11) is 0. The molecule has 112 valence electrons. The lowest BCUT2D eigenvalue weighted by Crippen LogP contribution is -2.38. The second-order valence-electron chi connectivity index (χ2n) is 5.85.